The molecule has 0 saturated heterocycles. The van der Waals surface area contributed by atoms with Gasteiger partial charge in [-0.3, -0.25) is 4.79 Å². The molecule has 3 heteroatoms. The molecule has 0 fully saturated rings. The summed E-state index contributed by atoms with van der Waals surface area (Å²) in [6.07, 6.45) is 0.505. The summed E-state index contributed by atoms with van der Waals surface area (Å²) in [5, 5.41) is 5.81. The number of carbonyl (C=O) groups is 1. The van der Waals surface area contributed by atoms with E-state index in [1.165, 1.54) is 0 Å². The fraction of sp³-hybridized carbons (Fsp3) is 0.222. The normalized spacial score (nSPS) is 13.9. The summed E-state index contributed by atoms with van der Waals surface area (Å²) in [6.45, 7) is 0. The van der Waals surface area contributed by atoms with Gasteiger partial charge in [0.25, 0.3) is 0 Å². The minimum Gasteiger partial charge on any atom is -0.388 e. The molecule has 2 N–H and O–H groups in total. The zero-order valence-electron chi connectivity index (χ0n) is 6.85. The third-order valence-corrected chi connectivity index (χ3v) is 2.02. The van der Waals surface area contributed by atoms with Crippen LogP contribution in [0.15, 0.2) is 18.2 Å². The molecule has 1 amide bonds. The Kier molecular flexibility index (Phi) is 1.50. The lowest BCUT2D eigenvalue weighted by atomic mass is 10.1. The maximum atomic E-state index is 11.0. The Morgan fingerprint density at radius 2 is 2.33 bits per heavy atom. The fourth-order valence-corrected chi connectivity index (χ4v) is 1.38. The van der Waals surface area contributed by atoms with Gasteiger partial charge >= 0.3 is 0 Å². The van der Waals surface area contributed by atoms with E-state index in [9.17, 15) is 4.79 Å². The van der Waals surface area contributed by atoms with Crippen molar-refractivity contribution < 1.29 is 4.79 Å². The van der Waals surface area contributed by atoms with Gasteiger partial charge in [-0.05, 0) is 23.8 Å². The van der Waals surface area contributed by atoms with E-state index in [0.29, 0.717) is 6.42 Å². The molecule has 0 bridgehead atoms. The van der Waals surface area contributed by atoms with Gasteiger partial charge < -0.3 is 10.6 Å². The van der Waals surface area contributed by atoms with E-state index >= 15 is 0 Å². The van der Waals surface area contributed by atoms with Gasteiger partial charge in [-0.15, -0.1) is 0 Å². The first-order chi connectivity index (χ1) is 5.79. The fourth-order valence-electron chi connectivity index (χ4n) is 1.38. The van der Waals surface area contributed by atoms with Crippen molar-refractivity contribution in [1.82, 2.24) is 0 Å². The van der Waals surface area contributed by atoms with E-state index in [1.807, 2.05) is 25.2 Å². The van der Waals surface area contributed by atoms with E-state index in [2.05, 4.69) is 10.6 Å². The lowest BCUT2D eigenvalue weighted by molar-refractivity contribution is -0.115. The molecule has 0 aliphatic carbocycles. The topological polar surface area (TPSA) is 41.1 Å². The number of hydrogen-bond donors (Lipinski definition) is 2. The number of amides is 1. The second-order valence-corrected chi connectivity index (χ2v) is 2.85. The second kappa shape index (κ2) is 2.52. The summed E-state index contributed by atoms with van der Waals surface area (Å²) in [6, 6.07) is 5.86. The Bertz CT molecular complexity index is 333. The van der Waals surface area contributed by atoms with Gasteiger partial charge in [0, 0.05) is 18.4 Å². The molecule has 0 saturated carbocycles. The molecule has 0 atom stereocenters. The highest BCUT2D eigenvalue weighted by Gasteiger charge is 2.16. The highest BCUT2D eigenvalue weighted by atomic mass is 16.1. The van der Waals surface area contributed by atoms with Crippen LogP contribution in [0, 0.1) is 0 Å². The Morgan fingerprint density at radius 1 is 1.50 bits per heavy atom. The summed E-state index contributed by atoms with van der Waals surface area (Å²) >= 11 is 0. The summed E-state index contributed by atoms with van der Waals surface area (Å²) < 4.78 is 0. The predicted octanol–water partition coefficient (Wildman–Crippen LogP) is 1.22. The zero-order chi connectivity index (χ0) is 8.55. The van der Waals surface area contributed by atoms with Crippen molar-refractivity contribution in [3.8, 4) is 0 Å². The Morgan fingerprint density at radius 3 is 3.08 bits per heavy atom. The summed E-state index contributed by atoms with van der Waals surface area (Å²) in [4.78, 5) is 11.0. The van der Waals surface area contributed by atoms with Crippen LogP contribution in [0.2, 0.25) is 0 Å². The van der Waals surface area contributed by atoms with Gasteiger partial charge in [-0.25, -0.2) is 0 Å². The third-order valence-electron chi connectivity index (χ3n) is 2.02. The first kappa shape index (κ1) is 7.16. The molecule has 62 valence electrons. The van der Waals surface area contributed by atoms with E-state index < -0.39 is 0 Å². The van der Waals surface area contributed by atoms with Gasteiger partial charge in [0.15, 0.2) is 0 Å². The average molecular weight is 162 g/mol. The van der Waals surface area contributed by atoms with Crippen molar-refractivity contribution in [1.29, 1.82) is 0 Å². The van der Waals surface area contributed by atoms with Crippen LogP contribution in [0.4, 0.5) is 11.4 Å². The second-order valence-electron chi connectivity index (χ2n) is 2.85. The molecular weight excluding hydrogens is 152 g/mol. The Labute approximate surface area is 70.8 Å². The molecule has 0 radical (unpaired) electrons. The van der Waals surface area contributed by atoms with Crippen molar-refractivity contribution in [2.45, 2.75) is 6.42 Å². The molecule has 1 aromatic carbocycles. The monoisotopic (exact) mass is 162 g/mol. The van der Waals surface area contributed by atoms with Gasteiger partial charge in [-0.2, -0.15) is 0 Å². The third kappa shape index (κ3) is 1.03. The number of benzene rings is 1. The lowest BCUT2D eigenvalue weighted by Gasteiger charge is -2.01. The molecule has 3 nitrogen and oxygen atoms in total. The minimum atomic E-state index is 0.0817. The minimum absolute atomic E-state index is 0.0817. The smallest absolute Gasteiger partial charge is 0.228 e. The number of anilines is 2. The maximum Gasteiger partial charge on any atom is 0.228 e. The highest BCUT2D eigenvalue weighted by Crippen LogP contribution is 2.25. The van der Waals surface area contributed by atoms with Crippen molar-refractivity contribution in [2.24, 2.45) is 0 Å². The van der Waals surface area contributed by atoms with Crippen molar-refractivity contribution in [3.63, 3.8) is 0 Å². The number of hydrogen-bond acceptors (Lipinski definition) is 2. The van der Waals surface area contributed by atoms with Crippen LogP contribution in [0.25, 0.3) is 0 Å². The number of carbonyl (C=O) groups excluding carboxylic acids is 1. The number of nitrogens with one attached hydrogen (secondary N) is 2. The quantitative estimate of drug-likeness (QED) is 0.652. The van der Waals surface area contributed by atoms with Gasteiger partial charge in [0.2, 0.25) is 5.91 Å². The van der Waals surface area contributed by atoms with E-state index in [-0.39, 0.29) is 5.91 Å². The van der Waals surface area contributed by atoms with Crippen LogP contribution in [0.3, 0.4) is 0 Å². The Balaban J connectivity index is 2.41. The van der Waals surface area contributed by atoms with Gasteiger partial charge in [0.1, 0.15) is 0 Å². The van der Waals surface area contributed by atoms with Crippen LogP contribution in [-0.4, -0.2) is 13.0 Å². The van der Waals surface area contributed by atoms with Gasteiger partial charge in [-0.1, -0.05) is 0 Å². The summed E-state index contributed by atoms with van der Waals surface area (Å²) in [5.41, 5.74) is 3.07. The molecule has 0 unspecified atom stereocenters. The number of fused-ring (bicyclic) bond motifs is 1. The van der Waals surface area contributed by atoms with Crippen LogP contribution in [0.1, 0.15) is 5.56 Å². The van der Waals surface area contributed by atoms with Crippen LogP contribution < -0.4 is 10.6 Å². The first-order valence-corrected chi connectivity index (χ1v) is 3.90. The molecule has 1 aliphatic heterocycles. The predicted molar refractivity (Wildman–Crippen MR) is 48.3 cm³/mol. The SMILES string of the molecule is CNc1ccc2c(c1)CC(=O)N2. The first-order valence-electron chi connectivity index (χ1n) is 3.90. The highest BCUT2D eigenvalue weighted by molar-refractivity contribution is 5.99. The lowest BCUT2D eigenvalue weighted by Crippen LogP contribution is -2.03. The van der Waals surface area contributed by atoms with Crippen molar-refractivity contribution in [3.05, 3.63) is 23.8 Å². The molecule has 1 heterocycles. The molecule has 1 aromatic rings. The molecular formula is C9H10N2O. The van der Waals surface area contributed by atoms with Crippen LogP contribution in [-0.2, 0) is 11.2 Å². The Hall–Kier alpha value is -1.51. The molecule has 0 spiro atoms. The van der Waals surface area contributed by atoms with Gasteiger partial charge in [0.05, 0.1) is 6.42 Å². The summed E-state index contributed by atoms with van der Waals surface area (Å²) in [5.74, 6) is 0.0817. The molecule has 2 rings (SSSR count). The largest absolute Gasteiger partial charge is 0.388 e. The molecule has 12 heavy (non-hydrogen) atoms. The van der Waals surface area contributed by atoms with Crippen LogP contribution in [0.5, 0.6) is 0 Å². The van der Waals surface area contributed by atoms with E-state index in [0.717, 1.165) is 16.9 Å². The molecule has 0 aromatic heterocycles. The van der Waals surface area contributed by atoms with Crippen molar-refractivity contribution >= 4 is 17.3 Å². The van der Waals surface area contributed by atoms with Crippen LogP contribution >= 0.6 is 0 Å². The zero-order valence-corrected chi connectivity index (χ0v) is 6.85. The average Bonchev–Trinajstić information content (AvgIpc) is 2.43. The number of rotatable bonds is 1. The summed E-state index contributed by atoms with van der Waals surface area (Å²) in [7, 11) is 1.87. The van der Waals surface area contributed by atoms with Crippen molar-refractivity contribution in [2.75, 3.05) is 17.7 Å². The van der Waals surface area contributed by atoms with E-state index in [4.69, 9.17) is 0 Å². The standard InChI is InChI=1S/C9H10N2O/c1-10-7-2-3-8-6(4-7)5-9(12)11-8/h2-4,10H,5H2,1H3,(H,11,12). The maximum absolute atomic E-state index is 11.0. The molecule has 1 aliphatic rings. The van der Waals surface area contributed by atoms with E-state index in [1.54, 1.807) is 0 Å².